The van der Waals surface area contributed by atoms with Crippen LogP contribution in [-0.2, 0) is 46.4 Å². The Balaban J connectivity index is 1.06. The lowest BCUT2D eigenvalue weighted by atomic mass is 9.96. The van der Waals surface area contributed by atoms with Gasteiger partial charge in [-0.2, -0.15) is 0 Å². The van der Waals surface area contributed by atoms with E-state index in [1.165, 1.54) is 38.3 Å². The van der Waals surface area contributed by atoms with Gasteiger partial charge in [-0.1, -0.05) is 68.4 Å². The Kier molecular flexibility index (Phi) is 14.9. The summed E-state index contributed by atoms with van der Waals surface area (Å²) in [7, 11) is 1.31. The third kappa shape index (κ3) is 11.3. The number of esters is 1. The Morgan fingerprint density at radius 2 is 1.50 bits per heavy atom. The van der Waals surface area contributed by atoms with Gasteiger partial charge in [0.25, 0.3) is 5.69 Å². The minimum absolute atomic E-state index is 0.0578. The first-order chi connectivity index (χ1) is 29.8. The zero-order chi connectivity index (χ0) is 44.3. The number of non-ortho nitro benzene ring substituents is 1. The van der Waals surface area contributed by atoms with Gasteiger partial charge >= 0.3 is 18.2 Å². The average molecular weight is 851 g/mol. The van der Waals surface area contributed by atoms with Crippen LogP contribution in [0, 0.1) is 16.0 Å². The van der Waals surface area contributed by atoms with Gasteiger partial charge in [-0.3, -0.25) is 19.7 Å². The van der Waals surface area contributed by atoms with Crippen LogP contribution in [0.1, 0.15) is 74.6 Å². The molecule has 3 amide bonds. The molecule has 6 rings (SSSR count). The van der Waals surface area contributed by atoms with Crippen molar-refractivity contribution in [1.29, 1.82) is 0 Å². The summed E-state index contributed by atoms with van der Waals surface area (Å²) in [5, 5.41) is 19.2. The number of carbonyl (C=O) groups excluding carboxylic acids is 5. The minimum Gasteiger partial charge on any atom is -0.467 e. The summed E-state index contributed by atoms with van der Waals surface area (Å²) in [5.41, 5.74) is 5.85. The van der Waals surface area contributed by atoms with E-state index in [0.29, 0.717) is 36.1 Å². The highest BCUT2D eigenvalue weighted by molar-refractivity contribution is 5.98. The SMILES string of the molecule is COC(=O)[C@@H]1CCC[C@@H](CCc2cc(NC(=O)[C@H](C)NC(=O)[C@@H](NC(=O)OCC3c4ccccc4-c4ccccc43)C(C)C)ccc2COC(=O)Oc2ccc([N+](=O)[O-])cc2)O1. The number of rotatable bonds is 16. The van der Waals surface area contributed by atoms with E-state index in [1.807, 2.05) is 48.5 Å². The molecule has 3 N–H and O–H groups in total. The molecule has 4 atom stereocenters. The number of nitro benzene ring substituents is 1. The molecule has 62 heavy (non-hydrogen) atoms. The molecule has 0 radical (unpaired) electrons. The highest BCUT2D eigenvalue weighted by Gasteiger charge is 2.32. The van der Waals surface area contributed by atoms with E-state index >= 15 is 0 Å². The third-order valence-corrected chi connectivity index (χ3v) is 10.9. The van der Waals surface area contributed by atoms with Crippen LogP contribution in [0.25, 0.3) is 11.1 Å². The number of amides is 3. The van der Waals surface area contributed by atoms with E-state index < -0.39 is 53.1 Å². The van der Waals surface area contributed by atoms with Crippen LogP contribution in [0.3, 0.4) is 0 Å². The van der Waals surface area contributed by atoms with Crippen molar-refractivity contribution in [2.24, 2.45) is 5.92 Å². The number of benzene rings is 4. The lowest BCUT2D eigenvalue weighted by molar-refractivity contribution is -0.384. The van der Waals surface area contributed by atoms with E-state index in [9.17, 15) is 34.1 Å². The van der Waals surface area contributed by atoms with Crippen molar-refractivity contribution in [2.45, 2.75) is 89.7 Å². The van der Waals surface area contributed by atoms with E-state index in [4.69, 9.17) is 23.7 Å². The number of ether oxygens (including phenoxy) is 5. The first-order valence-electron chi connectivity index (χ1n) is 20.5. The van der Waals surface area contributed by atoms with Crippen LogP contribution < -0.4 is 20.7 Å². The van der Waals surface area contributed by atoms with E-state index in [1.54, 1.807) is 32.0 Å². The minimum atomic E-state index is -1.03. The Labute approximate surface area is 358 Å². The number of nitrogens with zero attached hydrogens (tertiary/aromatic N) is 1. The standard InChI is InChI=1S/C46H50N4O12/c1-27(2)41(49-45(54)59-26-39-37-13-7-5-11-35(37)36-12-6-8-14-38(36)39)43(52)47-28(3)42(51)48-31-18-16-30(25-60-46(55)62-34-22-19-32(20-23-34)50(56)57)29(24-31)17-21-33-10-9-15-40(61-33)44(53)58-4/h5-8,11-14,16,18-20,22-24,27-28,33,39-41H,9-10,15,17,21,25-26H2,1-4H3,(H,47,52)(H,48,51)(H,49,54)/t28-,33-,40-,41-/m0/s1. The average Bonchev–Trinajstić information content (AvgIpc) is 3.59. The third-order valence-electron chi connectivity index (χ3n) is 10.9. The Hall–Kier alpha value is -6.81. The van der Waals surface area contributed by atoms with Crippen LogP contribution in [-0.4, -0.2) is 73.0 Å². The first-order valence-corrected chi connectivity index (χ1v) is 20.5. The van der Waals surface area contributed by atoms with E-state index in [-0.39, 0.29) is 42.6 Å². The molecule has 0 aromatic heterocycles. The van der Waals surface area contributed by atoms with Crippen molar-refractivity contribution in [3.05, 3.63) is 123 Å². The van der Waals surface area contributed by atoms with Crippen molar-refractivity contribution < 1.29 is 52.6 Å². The van der Waals surface area contributed by atoms with Gasteiger partial charge in [0.1, 0.15) is 31.0 Å². The van der Waals surface area contributed by atoms with E-state index in [2.05, 4.69) is 16.0 Å². The molecule has 1 aliphatic heterocycles. The number of methoxy groups -OCH3 is 1. The number of alkyl carbamates (subject to hydrolysis) is 1. The molecule has 2 aliphatic rings. The molecule has 326 valence electrons. The number of aryl methyl sites for hydroxylation is 1. The summed E-state index contributed by atoms with van der Waals surface area (Å²) in [6.45, 7) is 4.94. The van der Waals surface area contributed by atoms with Crippen LogP contribution in [0.5, 0.6) is 5.75 Å². The van der Waals surface area contributed by atoms with Gasteiger partial charge in [0.2, 0.25) is 11.8 Å². The molecule has 0 spiro atoms. The monoisotopic (exact) mass is 850 g/mol. The Bertz CT molecular complexity index is 2230. The number of nitrogens with one attached hydrogen (secondary N) is 3. The van der Waals surface area contributed by atoms with Crippen molar-refractivity contribution in [3.8, 4) is 16.9 Å². The van der Waals surface area contributed by atoms with Gasteiger partial charge < -0.3 is 39.6 Å². The van der Waals surface area contributed by atoms with Crippen molar-refractivity contribution in [2.75, 3.05) is 19.0 Å². The highest BCUT2D eigenvalue weighted by Crippen LogP contribution is 2.44. The summed E-state index contributed by atoms with van der Waals surface area (Å²) >= 11 is 0. The fraction of sp³-hybridized carbons (Fsp3) is 0.370. The predicted octanol–water partition coefficient (Wildman–Crippen LogP) is 7.36. The zero-order valence-electron chi connectivity index (χ0n) is 34.9. The van der Waals surface area contributed by atoms with Crippen molar-refractivity contribution >= 4 is 41.4 Å². The maximum Gasteiger partial charge on any atom is 0.514 e. The molecule has 1 heterocycles. The number of nitro groups is 1. The van der Waals surface area contributed by atoms with Crippen LogP contribution >= 0.6 is 0 Å². The second-order valence-electron chi connectivity index (χ2n) is 15.5. The summed E-state index contributed by atoms with van der Waals surface area (Å²) < 4.78 is 27.1. The second kappa shape index (κ2) is 20.6. The van der Waals surface area contributed by atoms with Gasteiger partial charge in [-0.25, -0.2) is 14.4 Å². The molecule has 4 aromatic rings. The fourth-order valence-electron chi connectivity index (χ4n) is 7.63. The fourth-order valence-corrected chi connectivity index (χ4v) is 7.63. The van der Waals surface area contributed by atoms with Crippen LogP contribution in [0.15, 0.2) is 91.0 Å². The number of carbonyl (C=O) groups is 5. The maximum absolute atomic E-state index is 13.5. The zero-order valence-corrected chi connectivity index (χ0v) is 34.9. The smallest absolute Gasteiger partial charge is 0.467 e. The summed E-state index contributed by atoms with van der Waals surface area (Å²) in [5.74, 6) is -1.97. The molecule has 4 aromatic carbocycles. The molecule has 1 saturated heterocycles. The summed E-state index contributed by atoms with van der Waals surface area (Å²) in [6, 6.07) is 23.9. The molecular formula is C46H50N4O12. The normalized spacial score (nSPS) is 16.5. The number of anilines is 1. The summed E-state index contributed by atoms with van der Waals surface area (Å²) in [6.07, 6.45) is 0.270. The lowest BCUT2D eigenvalue weighted by Gasteiger charge is -2.28. The number of hydrogen-bond donors (Lipinski definition) is 3. The van der Waals surface area contributed by atoms with Gasteiger partial charge in [0.05, 0.1) is 18.1 Å². The number of fused-ring (bicyclic) bond motifs is 3. The molecule has 0 unspecified atom stereocenters. The van der Waals surface area contributed by atoms with Gasteiger partial charge in [0, 0.05) is 23.7 Å². The molecule has 16 heteroatoms. The van der Waals surface area contributed by atoms with E-state index in [0.717, 1.165) is 35.1 Å². The predicted molar refractivity (Wildman–Crippen MR) is 226 cm³/mol. The summed E-state index contributed by atoms with van der Waals surface area (Å²) in [4.78, 5) is 75.2. The molecule has 1 aliphatic carbocycles. The first kappa shape index (κ1) is 44.7. The highest BCUT2D eigenvalue weighted by atomic mass is 16.7. The largest absolute Gasteiger partial charge is 0.514 e. The van der Waals surface area contributed by atoms with Gasteiger partial charge in [-0.15, -0.1) is 0 Å². The van der Waals surface area contributed by atoms with Gasteiger partial charge in [0.15, 0.2) is 6.10 Å². The molecule has 0 saturated carbocycles. The Morgan fingerprint density at radius 1 is 0.823 bits per heavy atom. The Morgan fingerprint density at radius 3 is 2.15 bits per heavy atom. The van der Waals surface area contributed by atoms with Crippen LogP contribution in [0.2, 0.25) is 0 Å². The topological polar surface area (TPSA) is 211 Å². The quantitative estimate of drug-likeness (QED) is 0.0332. The maximum atomic E-state index is 13.5. The van der Waals surface area contributed by atoms with Crippen molar-refractivity contribution in [1.82, 2.24) is 10.6 Å². The van der Waals surface area contributed by atoms with Crippen LogP contribution in [0.4, 0.5) is 21.0 Å². The van der Waals surface area contributed by atoms with Crippen molar-refractivity contribution in [3.63, 3.8) is 0 Å². The molecular weight excluding hydrogens is 801 g/mol. The second-order valence-corrected chi connectivity index (χ2v) is 15.5. The van der Waals surface area contributed by atoms with Gasteiger partial charge in [-0.05, 0) is 103 Å². The molecule has 0 bridgehead atoms. The molecule has 1 fully saturated rings. The lowest BCUT2D eigenvalue weighted by Crippen LogP contribution is -2.53. The number of hydrogen-bond acceptors (Lipinski definition) is 12. The molecule has 16 nitrogen and oxygen atoms in total.